The normalized spacial score (nSPS) is 32.1. The Morgan fingerprint density at radius 2 is 1.13 bits per heavy atom. The van der Waals surface area contributed by atoms with E-state index in [4.69, 9.17) is 0 Å². The fraction of sp³-hybridized carbons (Fsp3) is 1.00. The van der Waals surface area contributed by atoms with Crippen LogP contribution in [0, 0.1) is 22.7 Å². The van der Waals surface area contributed by atoms with Gasteiger partial charge in [0.05, 0.1) is 6.67 Å². The molecule has 23 heavy (non-hydrogen) atoms. The standard InChI is InChI=1S/C21H42N2/c1-16-11-20(7,8)23(21(9,10)12-16)15-22-13-18(3,4)17(2)19(5,6)14-22/h16-17H,11-15H2,1-10H3. The summed E-state index contributed by atoms with van der Waals surface area (Å²) in [6.45, 7) is 28.1. The quantitative estimate of drug-likeness (QED) is 0.686. The van der Waals surface area contributed by atoms with Crippen LogP contribution >= 0.6 is 0 Å². The Labute approximate surface area is 146 Å². The first-order valence-corrected chi connectivity index (χ1v) is 9.67. The third kappa shape index (κ3) is 3.79. The fourth-order valence-electron chi connectivity index (χ4n) is 6.04. The first-order valence-electron chi connectivity index (χ1n) is 9.67. The van der Waals surface area contributed by atoms with Crippen LogP contribution in [-0.2, 0) is 0 Å². The Kier molecular flexibility index (Phi) is 4.79. The maximum absolute atomic E-state index is 2.79. The van der Waals surface area contributed by atoms with Crippen LogP contribution < -0.4 is 0 Å². The number of piperidine rings is 2. The minimum Gasteiger partial charge on any atom is -0.289 e. The average Bonchev–Trinajstić information content (AvgIpc) is 2.28. The van der Waals surface area contributed by atoms with Crippen LogP contribution in [0.25, 0.3) is 0 Å². The lowest BCUT2D eigenvalue weighted by Gasteiger charge is -2.59. The summed E-state index contributed by atoms with van der Waals surface area (Å²) in [4.78, 5) is 5.53. The van der Waals surface area contributed by atoms with Crippen LogP contribution in [0.15, 0.2) is 0 Å². The second kappa shape index (κ2) is 5.73. The minimum absolute atomic E-state index is 0.290. The summed E-state index contributed by atoms with van der Waals surface area (Å²) in [5.41, 5.74) is 1.36. The highest BCUT2D eigenvalue weighted by atomic mass is 15.4. The zero-order chi connectivity index (χ0) is 17.8. The third-order valence-electron chi connectivity index (χ3n) is 7.11. The van der Waals surface area contributed by atoms with Crippen molar-refractivity contribution in [1.82, 2.24) is 9.80 Å². The lowest BCUT2D eigenvalue weighted by atomic mass is 9.62. The van der Waals surface area contributed by atoms with Crippen molar-refractivity contribution in [2.24, 2.45) is 22.7 Å². The lowest BCUT2D eigenvalue weighted by Crippen LogP contribution is -2.65. The molecular weight excluding hydrogens is 280 g/mol. The van der Waals surface area contributed by atoms with Gasteiger partial charge in [0, 0.05) is 24.2 Å². The lowest BCUT2D eigenvalue weighted by molar-refractivity contribution is -0.117. The number of hydrogen-bond donors (Lipinski definition) is 0. The van der Waals surface area contributed by atoms with Gasteiger partial charge in [-0.25, -0.2) is 0 Å². The highest BCUT2D eigenvalue weighted by Gasteiger charge is 2.48. The second-order valence-corrected chi connectivity index (χ2v) is 11.4. The SMILES string of the molecule is CC1CC(C)(C)N(CN2CC(C)(C)C(C)C(C)(C)C2)C(C)(C)C1. The molecule has 2 heterocycles. The third-order valence-corrected chi connectivity index (χ3v) is 7.11. The van der Waals surface area contributed by atoms with Crippen LogP contribution in [0.4, 0.5) is 0 Å². The van der Waals surface area contributed by atoms with Gasteiger partial charge in [-0.2, -0.15) is 0 Å². The van der Waals surface area contributed by atoms with Crippen molar-refractivity contribution in [1.29, 1.82) is 0 Å². The van der Waals surface area contributed by atoms with Crippen molar-refractivity contribution in [3.63, 3.8) is 0 Å². The van der Waals surface area contributed by atoms with E-state index >= 15 is 0 Å². The first kappa shape index (κ1) is 19.2. The average molecular weight is 323 g/mol. The van der Waals surface area contributed by atoms with E-state index < -0.39 is 0 Å². The number of likely N-dealkylation sites (tertiary alicyclic amines) is 2. The molecule has 0 unspecified atom stereocenters. The Morgan fingerprint density at radius 1 is 0.739 bits per heavy atom. The molecule has 0 bridgehead atoms. The van der Waals surface area contributed by atoms with E-state index in [1.54, 1.807) is 0 Å². The summed E-state index contributed by atoms with van der Waals surface area (Å²) < 4.78 is 0. The maximum Gasteiger partial charge on any atom is 0.0516 e. The summed E-state index contributed by atoms with van der Waals surface area (Å²) in [5, 5.41) is 0. The van der Waals surface area contributed by atoms with Crippen LogP contribution in [0.3, 0.4) is 0 Å². The molecule has 2 aliphatic rings. The summed E-state index contributed by atoms with van der Waals surface area (Å²) in [7, 11) is 0. The molecule has 0 aliphatic carbocycles. The second-order valence-electron chi connectivity index (χ2n) is 11.4. The molecule has 2 heteroatoms. The molecule has 0 aromatic heterocycles. The van der Waals surface area contributed by atoms with E-state index in [1.165, 1.54) is 25.9 Å². The monoisotopic (exact) mass is 322 g/mol. The van der Waals surface area contributed by atoms with Crippen LogP contribution in [-0.4, -0.2) is 40.6 Å². The summed E-state index contributed by atoms with van der Waals surface area (Å²) >= 11 is 0. The summed E-state index contributed by atoms with van der Waals surface area (Å²) in [6, 6.07) is 0. The number of rotatable bonds is 2. The van der Waals surface area contributed by atoms with Gasteiger partial charge in [-0.15, -0.1) is 0 Å². The smallest absolute Gasteiger partial charge is 0.0516 e. The molecule has 2 aliphatic heterocycles. The van der Waals surface area contributed by atoms with Gasteiger partial charge in [0.2, 0.25) is 0 Å². The van der Waals surface area contributed by atoms with Crippen molar-refractivity contribution in [2.45, 2.75) is 93.2 Å². The molecule has 0 atom stereocenters. The Hall–Kier alpha value is -0.0800. The molecule has 0 spiro atoms. The van der Waals surface area contributed by atoms with E-state index in [1.807, 2.05) is 0 Å². The van der Waals surface area contributed by atoms with Gasteiger partial charge < -0.3 is 0 Å². The first-order chi connectivity index (χ1) is 10.2. The Bertz CT molecular complexity index is 397. The van der Waals surface area contributed by atoms with E-state index in [-0.39, 0.29) is 0 Å². The molecule has 2 fully saturated rings. The molecule has 0 N–H and O–H groups in total. The topological polar surface area (TPSA) is 6.48 Å². The van der Waals surface area contributed by atoms with Gasteiger partial charge in [0.1, 0.15) is 0 Å². The van der Waals surface area contributed by atoms with Gasteiger partial charge in [-0.05, 0) is 63.2 Å². The minimum atomic E-state index is 0.290. The highest BCUT2D eigenvalue weighted by Crippen LogP contribution is 2.47. The maximum atomic E-state index is 2.79. The van der Waals surface area contributed by atoms with E-state index in [9.17, 15) is 0 Å². The Balaban J connectivity index is 2.20. The Morgan fingerprint density at radius 3 is 1.52 bits per heavy atom. The van der Waals surface area contributed by atoms with Crippen LogP contribution in [0.5, 0.6) is 0 Å². The molecule has 136 valence electrons. The van der Waals surface area contributed by atoms with Crippen molar-refractivity contribution in [3.8, 4) is 0 Å². The van der Waals surface area contributed by atoms with Gasteiger partial charge in [0.25, 0.3) is 0 Å². The van der Waals surface area contributed by atoms with Crippen molar-refractivity contribution < 1.29 is 0 Å². The largest absolute Gasteiger partial charge is 0.289 e. The number of hydrogen-bond acceptors (Lipinski definition) is 2. The van der Waals surface area contributed by atoms with Gasteiger partial charge in [-0.1, -0.05) is 41.5 Å². The van der Waals surface area contributed by atoms with Crippen LogP contribution in [0.2, 0.25) is 0 Å². The van der Waals surface area contributed by atoms with Crippen molar-refractivity contribution in [2.75, 3.05) is 19.8 Å². The molecule has 0 aromatic carbocycles. The van der Waals surface area contributed by atoms with E-state index in [0.717, 1.165) is 18.5 Å². The molecule has 2 rings (SSSR count). The predicted molar refractivity (Wildman–Crippen MR) is 102 cm³/mol. The fourth-order valence-corrected chi connectivity index (χ4v) is 6.04. The van der Waals surface area contributed by atoms with E-state index in [0.29, 0.717) is 21.9 Å². The summed E-state index contributed by atoms with van der Waals surface area (Å²) in [6.07, 6.45) is 2.63. The molecule has 2 nitrogen and oxygen atoms in total. The molecule has 0 aromatic rings. The molecule has 0 amide bonds. The van der Waals surface area contributed by atoms with Gasteiger partial charge >= 0.3 is 0 Å². The molecular formula is C21H42N2. The zero-order valence-electron chi connectivity index (χ0n) is 17.6. The number of nitrogens with zero attached hydrogens (tertiary/aromatic N) is 2. The molecule has 2 saturated heterocycles. The predicted octanol–water partition coefficient (Wildman–Crippen LogP) is 5.24. The van der Waals surface area contributed by atoms with Crippen molar-refractivity contribution in [3.05, 3.63) is 0 Å². The van der Waals surface area contributed by atoms with Crippen molar-refractivity contribution >= 4 is 0 Å². The zero-order valence-corrected chi connectivity index (χ0v) is 17.6. The summed E-state index contributed by atoms with van der Waals surface area (Å²) in [5.74, 6) is 1.58. The van der Waals surface area contributed by atoms with E-state index in [2.05, 4.69) is 79.0 Å². The highest BCUT2D eigenvalue weighted by molar-refractivity contribution is 5.01. The van der Waals surface area contributed by atoms with Gasteiger partial charge in [0.15, 0.2) is 0 Å². The molecule has 0 radical (unpaired) electrons. The van der Waals surface area contributed by atoms with Gasteiger partial charge in [-0.3, -0.25) is 9.80 Å². The molecule has 0 saturated carbocycles. The van der Waals surface area contributed by atoms with Crippen LogP contribution in [0.1, 0.15) is 82.1 Å².